The highest BCUT2D eigenvalue weighted by Gasteiger charge is 2.16. The molecule has 2 aromatic carbocycles. The number of ether oxygens (including phenoxy) is 1. The van der Waals surface area contributed by atoms with Gasteiger partial charge in [0.05, 0.1) is 6.04 Å². The molecule has 0 unspecified atom stereocenters. The van der Waals surface area contributed by atoms with Gasteiger partial charge in [0.2, 0.25) is 17.5 Å². The Hall–Kier alpha value is -2.97. The first-order valence-corrected chi connectivity index (χ1v) is 8.13. The second-order valence-electron chi connectivity index (χ2n) is 5.42. The number of rotatable bonds is 6. The third-order valence-electron chi connectivity index (χ3n) is 3.58. The van der Waals surface area contributed by atoms with Gasteiger partial charge >= 0.3 is 0 Å². The number of halogens is 1. The molecule has 1 atom stereocenters. The molecule has 0 fully saturated rings. The monoisotopic (exact) mass is 353 g/mol. The second kappa shape index (κ2) is 7.73. The normalized spacial score (nSPS) is 11.6. The first-order chi connectivity index (χ1) is 12.2. The van der Waals surface area contributed by atoms with Gasteiger partial charge in [-0.1, -0.05) is 48.0 Å². The summed E-state index contributed by atoms with van der Waals surface area (Å²) in [6.07, 6.45) is 0. The van der Waals surface area contributed by atoms with Crippen LogP contribution in [-0.4, -0.2) is 4.98 Å². The zero-order valence-electron chi connectivity index (χ0n) is 13.6. The maximum Gasteiger partial charge on any atom is 0.236 e. The van der Waals surface area contributed by atoms with Crippen molar-refractivity contribution in [1.82, 2.24) is 4.98 Å². The number of nitriles is 1. The molecule has 0 saturated heterocycles. The Balaban J connectivity index is 1.70. The van der Waals surface area contributed by atoms with Crippen LogP contribution in [-0.2, 0) is 6.61 Å². The lowest BCUT2D eigenvalue weighted by molar-refractivity contribution is 0.264. The maximum absolute atomic E-state index is 9.27. The number of benzene rings is 2. The SMILES string of the molecule is C[C@@H](Nc1oc(COc2cccc(Cl)c2)nc1C#N)c1ccccc1. The van der Waals surface area contributed by atoms with Gasteiger partial charge in [0.1, 0.15) is 11.8 Å². The van der Waals surface area contributed by atoms with Crippen LogP contribution < -0.4 is 10.1 Å². The average Bonchev–Trinajstić information content (AvgIpc) is 3.02. The van der Waals surface area contributed by atoms with Crippen molar-refractivity contribution in [1.29, 1.82) is 5.26 Å². The van der Waals surface area contributed by atoms with Crippen molar-refractivity contribution in [3.8, 4) is 11.8 Å². The Morgan fingerprint density at radius 2 is 2.04 bits per heavy atom. The number of hydrogen-bond acceptors (Lipinski definition) is 5. The Labute approximate surface area is 150 Å². The first-order valence-electron chi connectivity index (χ1n) is 7.75. The highest BCUT2D eigenvalue weighted by atomic mass is 35.5. The van der Waals surface area contributed by atoms with Crippen LogP contribution >= 0.6 is 11.6 Å². The molecule has 3 rings (SSSR count). The molecule has 6 heteroatoms. The van der Waals surface area contributed by atoms with Crippen LogP contribution in [0.4, 0.5) is 5.88 Å². The number of nitrogens with one attached hydrogen (secondary N) is 1. The minimum Gasteiger partial charge on any atom is -0.484 e. The molecule has 25 heavy (non-hydrogen) atoms. The fourth-order valence-electron chi connectivity index (χ4n) is 2.32. The molecule has 0 aliphatic rings. The van der Waals surface area contributed by atoms with Gasteiger partial charge in [-0.15, -0.1) is 0 Å². The summed E-state index contributed by atoms with van der Waals surface area (Å²) in [5.74, 6) is 1.26. The van der Waals surface area contributed by atoms with Crippen molar-refractivity contribution in [2.24, 2.45) is 0 Å². The molecule has 1 N–H and O–H groups in total. The Morgan fingerprint density at radius 3 is 2.76 bits per heavy atom. The van der Waals surface area contributed by atoms with Crippen LogP contribution in [0.1, 0.15) is 30.1 Å². The second-order valence-corrected chi connectivity index (χ2v) is 5.86. The zero-order valence-corrected chi connectivity index (χ0v) is 14.3. The molecular weight excluding hydrogens is 338 g/mol. The van der Waals surface area contributed by atoms with Crippen molar-refractivity contribution < 1.29 is 9.15 Å². The molecule has 0 aliphatic carbocycles. The van der Waals surface area contributed by atoms with Crippen LogP contribution in [0.25, 0.3) is 0 Å². The molecular formula is C19H16ClN3O2. The van der Waals surface area contributed by atoms with Gasteiger partial charge in [0, 0.05) is 5.02 Å². The molecule has 1 aromatic heterocycles. The van der Waals surface area contributed by atoms with Crippen LogP contribution in [0.5, 0.6) is 5.75 Å². The lowest BCUT2D eigenvalue weighted by Gasteiger charge is -2.13. The summed E-state index contributed by atoms with van der Waals surface area (Å²) < 4.78 is 11.2. The van der Waals surface area contributed by atoms with E-state index in [1.54, 1.807) is 24.3 Å². The van der Waals surface area contributed by atoms with Crippen molar-refractivity contribution in [3.05, 3.63) is 76.8 Å². The molecule has 0 radical (unpaired) electrons. The number of nitrogens with zero attached hydrogens (tertiary/aromatic N) is 2. The van der Waals surface area contributed by atoms with Gasteiger partial charge in [-0.3, -0.25) is 0 Å². The predicted octanol–water partition coefficient (Wildman–Crippen LogP) is 4.95. The van der Waals surface area contributed by atoms with Gasteiger partial charge in [-0.05, 0) is 30.7 Å². The third-order valence-corrected chi connectivity index (χ3v) is 3.82. The summed E-state index contributed by atoms with van der Waals surface area (Å²) in [5.41, 5.74) is 1.28. The fraction of sp³-hybridized carbons (Fsp3) is 0.158. The first kappa shape index (κ1) is 16.9. The van der Waals surface area contributed by atoms with Crippen molar-refractivity contribution in [3.63, 3.8) is 0 Å². The minimum atomic E-state index is -0.0250. The summed E-state index contributed by atoms with van der Waals surface area (Å²) in [6, 6.07) is 18.9. The van der Waals surface area contributed by atoms with Crippen LogP contribution in [0.3, 0.4) is 0 Å². The minimum absolute atomic E-state index is 0.0250. The standard InChI is InChI=1S/C19H16ClN3O2/c1-13(14-6-3-2-4-7-14)22-19-17(11-21)23-18(25-19)12-24-16-9-5-8-15(20)10-16/h2-10,13,22H,12H2,1H3/t13-/m1/s1. The summed E-state index contributed by atoms with van der Waals surface area (Å²) in [5, 5.41) is 13.0. The molecule has 3 aromatic rings. The zero-order chi connectivity index (χ0) is 17.6. The molecule has 5 nitrogen and oxygen atoms in total. The van der Waals surface area contributed by atoms with Gasteiger partial charge in [-0.25, -0.2) is 0 Å². The Morgan fingerprint density at radius 1 is 1.24 bits per heavy atom. The van der Waals surface area contributed by atoms with E-state index in [0.717, 1.165) is 5.56 Å². The fourth-order valence-corrected chi connectivity index (χ4v) is 2.50. The van der Waals surface area contributed by atoms with Crippen LogP contribution in [0.15, 0.2) is 59.0 Å². The van der Waals surface area contributed by atoms with E-state index in [4.69, 9.17) is 20.8 Å². The number of hydrogen-bond donors (Lipinski definition) is 1. The van der Waals surface area contributed by atoms with E-state index < -0.39 is 0 Å². The predicted molar refractivity (Wildman–Crippen MR) is 95.5 cm³/mol. The summed E-state index contributed by atoms with van der Waals surface area (Å²) in [6.45, 7) is 2.09. The number of oxazole rings is 1. The van der Waals surface area contributed by atoms with Crippen LogP contribution in [0.2, 0.25) is 5.02 Å². The molecule has 1 heterocycles. The summed E-state index contributed by atoms with van der Waals surface area (Å²) >= 11 is 5.92. The molecule has 0 amide bonds. The smallest absolute Gasteiger partial charge is 0.236 e. The van der Waals surface area contributed by atoms with E-state index in [9.17, 15) is 5.26 Å². The van der Waals surface area contributed by atoms with Crippen molar-refractivity contribution in [2.45, 2.75) is 19.6 Å². The van der Waals surface area contributed by atoms with E-state index in [1.165, 1.54) is 0 Å². The number of aromatic nitrogens is 1. The van der Waals surface area contributed by atoms with E-state index >= 15 is 0 Å². The lowest BCUT2D eigenvalue weighted by atomic mass is 10.1. The molecule has 0 spiro atoms. The Kier molecular flexibility index (Phi) is 5.22. The highest BCUT2D eigenvalue weighted by molar-refractivity contribution is 6.30. The largest absolute Gasteiger partial charge is 0.484 e. The van der Waals surface area contributed by atoms with E-state index in [2.05, 4.69) is 10.3 Å². The van der Waals surface area contributed by atoms with Gasteiger partial charge in [-0.2, -0.15) is 10.2 Å². The summed E-state index contributed by atoms with van der Waals surface area (Å²) in [7, 11) is 0. The average molecular weight is 354 g/mol. The quantitative estimate of drug-likeness (QED) is 0.678. The summed E-state index contributed by atoms with van der Waals surface area (Å²) in [4.78, 5) is 4.16. The third kappa shape index (κ3) is 4.31. The van der Waals surface area contributed by atoms with Crippen LogP contribution in [0, 0.1) is 11.3 Å². The highest BCUT2D eigenvalue weighted by Crippen LogP contribution is 2.24. The van der Waals surface area contributed by atoms with Gasteiger partial charge in [0.25, 0.3) is 0 Å². The molecule has 0 bridgehead atoms. The molecule has 0 aliphatic heterocycles. The van der Waals surface area contributed by atoms with Gasteiger partial charge < -0.3 is 14.5 Å². The molecule has 0 saturated carbocycles. The van der Waals surface area contributed by atoms with Crippen molar-refractivity contribution in [2.75, 3.05) is 5.32 Å². The van der Waals surface area contributed by atoms with Gasteiger partial charge in [0.15, 0.2) is 6.61 Å². The number of anilines is 1. The van der Waals surface area contributed by atoms with E-state index in [0.29, 0.717) is 22.5 Å². The lowest BCUT2D eigenvalue weighted by Crippen LogP contribution is -2.06. The Bertz CT molecular complexity index is 887. The topological polar surface area (TPSA) is 71.1 Å². The van der Waals surface area contributed by atoms with Crippen molar-refractivity contribution >= 4 is 17.5 Å². The maximum atomic E-state index is 9.27. The molecule has 126 valence electrons. The van der Waals surface area contributed by atoms with E-state index in [1.807, 2.05) is 43.3 Å². The van der Waals surface area contributed by atoms with E-state index in [-0.39, 0.29) is 18.3 Å².